The van der Waals surface area contributed by atoms with Gasteiger partial charge in [-0.2, -0.15) is 0 Å². The maximum atomic E-state index is 14.3. The van der Waals surface area contributed by atoms with Crippen molar-refractivity contribution in [3.8, 4) is 11.5 Å². The highest BCUT2D eigenvalue weighted by atomic mass is 16.7. The highest BCUT2D eigenvalue weighted by Gasteiger charge is 2.66. The van der Waals surface area contributed by atoms with E-state index in [-0.39, 0.29) is 42.4 Å². The van der Waals surface area contributed by atoms with Gasteiger partial charge < -0.3 is 24.2 Å². The van der Waals surface area contributed by atoms with Gasteiger partial charge in [0.05, 0.1) is 6.10 Å². The second-order valence-corrected chi connectivity index (χ2v) is 11.9. The highest BCUT2D eigenvalue weighted by molar-refractivity contribution is 5.85. The van der Waals surface area contributed by atoms with Gasteiger partial charge in [-0.1, -0.05) is 36.4 Å². The van der Waals surface area contributed by atoms with Crippen LogP contribution in [0.3, 0.4) is 0 Å². The molecular formula is C30H34N2O5. The zero-order valence-corrected chi connectivity index (χ0v) is 21.1. The molecule has 1 amide bonds. The highest BCUT2D eigenvalue weighted by Crippen LogP contribution is 2.58. The Bertz CT molecular complexity index is 1230. The predicted molar refractivity (Wildman–Crippen MR) is 135 cm³/mol. The Balaban J connectivity index is 1.32. The number of fused-ring (bicyclic) bond motifs is 2. The predicted octanol–water partition coefficient (Wildman–Crippen LogP) is 3.79. The van der Waals surface area contributed by atoms with Gasteiger partial charge in [-0.25, -0.2) is 0 Å². The van der Waals surface area contributed by atoms with Crippen molar-refractivity contribution < 1.29 is 24.1 Å². The topological polar surface area (TPSA) is 71.5 Å². The fourth-order valence-corrected chi connectivity index (χ4v) is 8.10. The summed E-state index contributed by atoms with van der Waals surface area (Å²) in [6.07, 6.45) is 5.38. The molecule has 1 saturated carbocycles. The molecule has 2 aromatic carbocycles. The van der Waals surface area contributed by atoms with E-state index < -0.39 is 11.8 Å². The third kappa shape index (κ3) is 3.33. The summed E-state index contributed by atoms with van der Waals surface area (Å²) in [5, 5.41) is 10.9. The Labute approximate surface area is 217 Å². The van der Waals surface area contributed by atoms with Crippen LogP contribution in [0.15, 0.2) is 42.5 Å². The molecule has 3 saturated heterocycles. The van der Waals surface area contributed by atoms with Crippen molar-refractivity contribution in [1.82, 2.24) is 9.80 Å². The van der Waals surface area contributed by atoms with Gasteiger partial charge in [0.1, 0.15) is 6.10 Å². The quantitative estimate of drug-likeness (QED) is 0.686. The second kappa shape index (κ2) is 8.19. The number of phenolic OH excluding ortho intramolecular Hbond substituents is 1. The minimum absolute atomic E-state index is 0.000420. The number of amides is 1. The monoisotopic (exact) mass is 502 g/mol. The number of phenols is 1. The number of likely N-dealkylation sites (tertiary alicyclic amines) is 1. The molecule has 0 radical (unpaired) electrons. The maximum Gasteiger partial charge on any atom is 0.254 e. The average molecular weight is 503 g/mol. The molecule has 2 aromatic rings. The molecule has 7 aliphatic rings. The first-order valence-corrected chi connectivity index (χ1v) is 14.0. The molecule has 6 aliphatic heterocycles. The van der Waals surface area contributed by atoms with Crippen molar-refractivity contribution in [2.75, 3.05) is 19.9 Å². The molecule has 1 N–H and O–H groups in total. The number of rotatable bonds is 4. The van der Waals surface area contributed by atoms with E-state index in [2.05, 4.69) is 23.1 Å². The summed E-state index contributed by atoms with van der Waals surface area (Å²) < 4.78 is 19.9. The molecule has 6 heterocycles. The van der Waals surface area contributed by atoms with E-state index >= 15 is 0 Å². The molecule has 7 nitrogen and oxygen atoms in total. The van der Waals surface area contributed by atoms with Crippen LogP contribution >= 0.6 is 0 Å². The largest absolute Gasteiger partial charge is 0.504 e. The molecule has 7 bridgehead atoms. The lowest BCUT2D eigenvalue weighted by Crippen LogP contribution is -2.56. The fraction of sp³-hybridized carbons (Fsp3) is 0.567. The van der Waals surface area contributed by atoms with E-state index in [1.54, 1.807) is 6.07 Å². The summed E-state index contributed by atoms with van der Waals surface area (Å²) >= 11 is 0. The molecule has 0 spiro atoms. The first-order valence-electron chi connectivity index (χ1n) is 14.0. The third-order valence-corrected chi connectivity index (χ3v) is 9.93. The zero-order valence-electron chi connectivity index (χ0n) is 21.1. The van der Waals surface area contributed by atoms with Crippen LogP contribution in [-0.4, -0.2) is 64.7 Å². The Hall–Kier alpha value is -2.61. The first kappa shape index (κ1) is 22.4. The number of ether oxygens (including phenoxy) is 3. The molecule has 9 rings (SSSR count). The summed E-state index contributed by atoms with van der Waals surface area (Å²) in [5.41, 5.74) is 2.60. The number of hydrogen-bond donors (Lipinski definition) is 1. The van der Waals surface area contributed by atoms with Gasteiger partial charge in [0, 0.05) is 30.6 Å². The summed E-state index contributed by atoms with van der Waals surface area (Å²) in [4.78, 5) is 18.9. The first-order chi connectivity index (χ1) is 18.1. The molecule has 7 heteroatoms. The Morgan fingerprint density at radius 1 is 1.05 bits per heavy atom. The van der Waals surface area contributed by atoms with Crippen molar-refractivity contribution in [3.05, 3.63) is 59.2 Å². The van der Waals surface area contributed by atoms with E-state index in [0.29, 0.717) is 12.3 Å². The van der Waals surface area contributed by atoms with Crippen LogP contribution < -0.4 is 4.74 Å². The minimum Gasteiger partial charge on any atom is -0.504 e. The summed E-state index contributed by atoms with van der Waals surface area (Å²) in [7, 11) is 0. The molecule has 194 valence electrons. The number of carbonyl (C=O) groups excluding carboxylic acids is 1. The lowest BCUT2D eigenvalue weighted by Gasteiger charge is -2.48. The van der Waals surface area contributed by atoms with Crippen molar-refractivity contribution in [3.63, 3.8) is 0 Å². The van der Waals surface area contributed by atoms with Crippen LogP contribution in [0.25, 0.3) is 0 Å². The summed E-state index contributed by atoms with van der Waals surface area (Å²) in [6.45, 7) is 2.57. The number of carbonyl (C=O) groups is 1. The average Bonchev–Trinajstić information content (AvgIpc) is 3.69. The van der Waals surface area contributed by atoms with Crippen LogP contribution in [0.2, 0.25) is 0 Å². The van der Waals surface area contributed by atoms with Crippen LogP contribution in [0.1, 0.15) is 54.7 Å². The number of nitrogens with zero attached hydrogens (tertiary/aromatic N) is 2. The van der Waals surface area contributed by atoms with Gasteiger partial charge >= 0.3 is 0 Å². The van der Waals surface area contributed by atoms with Gasteiger partial charge in [0.25, 0.3) is 5.91 Å². The van der Waals surface area contributed by atoms with E-state index in [1.165, 1.54) is 18.4 Å². The molecule has 6 atom stereocenters. The number of benzene rings is 2. The molecule has 0 aromatic heterocycles. The minimum atomic E-state index is -0.794. The summed E-state index contributed by atoms with van der Waals surface area (Å²) in [6, 6.07) is 14.2. The lowest BCUT2D eigenvalue weighted by molar-refractivity contribution is -0.212. The SMILES string of the molecule is O=C1[C@H]2OC3CCC4(OCOc5c(O)ccc6c5C(CCN(CC5CC5)C3C6)C24)N1Cc1ccccc1. The van der Waals surface area contributed by atoms with Crippen molar-refractivity contribution >= 4 is 5.91 Å². The lowest BCUT2D eigenvalue weighted by atomic mass is 9.71. The standard InChI is InChI=1S/C30H34N2O5/c33-23-9-8-20-14-22-24-10-12-30-26(28(37-24)29(34)32(30)16-18-4-2-1-3-5-18)21(25(20)27(23)35-17-36-30)11-13-31(22)15-19-6-7-19/h1-5,8-9,19,21-22,24,26,28,33H,6-7,10-17H2/t21?,22?,24?,26?,28-,30?/m0/s1. The van der Waals surface area contributed by atoms with Crippen molar-refractivity contribution in [2.45, 2.75) is 75.0 Å². The molecule has 4 fully saturated rings. The van der Waals surface area contributed by atoms with Gasteiger partial charge in [0.2, 0.25) is 0 Å². The van der Waals surface area contributed by atoms with Crippen molar-refractivity contribution in [1.29, 1.82) is 0 Å². The van der Waals surface area contributed by atoms with Crippen LogP contribution in [0.4, 0.5) is 0 Å². The Morgan fingerprint density at radius 2 is 1.92 bits per heavy atom. The number of aromatic hydroxyl groups is 1. The van der Waals surface area contributed by atoms with Crippen LogP contribution in [0, 0.1) is 11.8 Å². The second-order valence-electron chi connectivity index (χ2n) is 11.9. The molecule has 5 unspecified atom stereocenters. The zero-order chi connectivity index (χ0) is 24.7. The van der Waals surface area contributed by atoms with E-state index in [1.807, 2.05) is 23.1 Å². The van der Waals surface area contributed by atoms with Gasteiger partial charge in [-0.05, 0) is 74.1 Å². The molecular weight excluding hydrogens is 468 g/mol. The normalized spacial score (nSPS) is 36.3. The van der Waals surface area contributed by atoms with Gasteiger partial charge in [0.15, 0.2) is 24.0 Å². The van der Waals surface area contributed by atoms with Crippen LogP contribution in [0.5, 0.6) is 11.5 Å². The smallest absolute Gasteiger partial charge is 0.254 e. The summed E-state index contributed by atoms with van der Waals surface area (Å²) in [5.74, 6) is 1.35. The maximum absolute atomic E-state index is 14.3. The van der Waals surface area contributed by atoms with E-state index in [9.17, 15) is 9.90 Å². The number of hydrogen-bond acceptors (Lipinski definition) is 6. The van der Waals surface area contributed by atoms with Crippen molar-refractivity contribution in [2.24, 2.45) is 11.8 Å². The van der Waals surface area contributed by atoms with Gasteiger partial charge in [-0.3, -0.25) is 9.69 Å². The van der Waals surface area contributed by atoms with E-state index in [0.717, 1.165) is 55.8 Å². The third-order valence-electron chi connectivity index (χ3n) is 9.93. The molecule has 37 heavy (non-hydrogen) atoms. The Morgan fingerprint density at radius 3 is 2.76 bits per heavy atom. The van der Waals surface area contributed by atoms with E-state index in [4.69, 9.17) is 14.2 Å². The Kier molecular flexibility index (Phi) is 4.96. The van der Waals surface area contributed by atoms with Gasteiger partial charge in [-0.15, -0.1) is 0 Å². The molecule has 1 aliphatic carbocycles. The fourth-order valence-electron chi connectivity index (χ4n) is 8.10. The van der Waals surface area contributed by atoms with Crippen LogP contribution in [-0.2, 0) is 27.2 Å².